The smallest absolute Gasteiger partial charge is 0.305 e. The largest absolute Gasteiger partial charge is 0.469 e. The van der Waals surface area contributed by atoms with Crippen molar-refractivity contribution in [2.75, 3.05) is 7.11 Å². The van der Waals surface area contributed by atoms with Crippen molar-refractivity contribution < 1.29 is 11.0 Å². The molecule has 1 aliphatic carbocycles. The van der Waals surface area contributed by atoms with Gasteiger partial charge in [0.25, 0.3) is 0 Å². The van der Waals surface area contributed by atoms with Crippen LogP contribution in [-0.4, -0.2) is 13.1 Å². The third kappa shape index (κ3) is 11.7. The molecule has 1 fully saturated rings. The summed E-state index contributed by atoms with van der Waals surface area (Å²) in [6, 6.07) is 10.8. The maximum absolute atomic E-state index is 10.5. The maximum atomic E-state index is 10.5. The molecule has 0 radical (unpaired) electrons. The van der Waals surface area contributed by atoms with Gasteiger partial charge in [-0.25, -0.2) is 0 Å². The van der Waals surface area contributed by atoms with Gasteiger partial charge in [0, 0.05) is 7.85 Å². The van der Waals surface area contributed by atoms with E-state index in [2.05, 4.69) is 47.2 Å². The number of methoxy groups -OCH3 is 1. The first kappa shape index (κ1) is 22.2. The number of carbonyl (C=O) groups is 1. The molecule has 0 unspecified atom stereocenters. The monoisotopic (exact) mass is 358 g/mol. The van der Waals surface area contributed by atoms with Gasteiger partial charge in [-0.3, -0.25) is 4.79 Å². The number of aryl methyl sites for hydroxylation is 1. The van der Waals surface area contributed by atoms with Crippen molar-refractivity contribution in [2.45, 2.75) is 71.1 Å². The molecule has 0 heterocycles. The first-order valence-electron chi connectivity index (χ1n) is 10.1. The Labute approximate surface area is 161 Å². The molecule has 0 atom stereocenters. The third-order valence-corrected chi connectivity index (χ3v) is 4.70. The summed E-state index contributed by atoms with van der Waals surface area (Å²) in [6.07, 6.45) is 20.7. The van der Waals surface area contributed by atoms with Crippen LogP contribution in [0.3, 0.4) is 0 Å². The number of carbonyl (C=O) groups excluding carboxylic acids is 1. The fourth-order valence-electron chi connectivity index (χ4n) is 3.14. The highest BCUT2D eigenvalue weighted by molar-refractivity contribution is 5.69. The molecule has 1 aromatic rings. The van der Waals surface area contributed by atoms with Crippen molar-refractivity contribution in [1.82, 2.24) is 0 Å². The molecule has 0 amide bonds. The lowest BCUT2D eigenvalue weighted by atomic mass is 10.1. The summed E-state index contributed by atoms with van der Waals surface area (Å²) >= 11 is 0. The van der Waals surface area contributed by atoms with E-state index >= 15 is 0 Å². The lowest BCUT2D eigenvalue weighted by Crippen LogP contribution is -1.98. The Kier molecular flexibility index (Phi) is 13.2. The molecule has 2 heteroatoms. The molecule has 1 aliphatic rings. The summed E-state index contributed by atoms with van der Waals surface area (Å²) in [6.45, 7) is 1.97. The SMILES string of the molecule is C(=C\C1CCCC1)/CCCc1ccccc1.C/C=C\CCCC(=O)OC.[HH]. The normalized spacial score (nSPS) is 14.5. The van der Waals surface area contributed by atoms with Crippen LogP contribution in [0.5, 0.6) is 0 Å². The van der Waals surface area contributed by atoms with Gasteiger partial charge in [-0.05, 0) is 63.4 Å². The summed E-state index contributed by atoms with van der Waals surface area (Å²) in [5, 5.41) is 0. The second-order valence-electron chi connectivity index (χ2n) is 6.89. The standard InChI is InChI=1S/C16H22.C8H14O2.H2/c1-3-9-15(10-4-1)11-5-2-6-12-16-13-7-8-14-16;1-3-4-5-6-7-8(9)10-2;/h1,3-4,6,9-10,12,16H,2,5,7-8,11,13-14H2;3-4H,5-7H2,1-2H3;1H/b12-6+;4-3-;. The molecule has 1 aromatic carbocycles. The lowest BCUT2D eigenvalue weighted by molar-refractivity contribution is -0.140. The predicted molar refractivity (Wildman–Crippen MR) is 113 cm³/mol. The van der Waals surface area contributed by atoms with Crippen LogP contribution in [0.2, 0.25) is 0 Å². The van der Waals surface area contributed by atoms with E-state index in [0.717, 1.165) is 18.8 Å². The molecule has 26 heavy (non-hydrogen) atoms. The number of hydrogen-bond donors (Lipinski definition) is 0. The molecule has 0 aromatic heterocycles. The van der Waals surface area contributed by atoms with Gasteiger partial charge >= 0.3 is 5.97 Å². The number of rotatable bonds is 9. The van der Waals surface area contributed by atoms with Crippen molar-refractivity contribution in [3.05, 3.63) is 60.2 Å². The summed E-state index contributed by atoms with van der Waals surface area (Å²) < 4.78 is 4.47. The van der Waals surface area contributed by atoms with Crippen LogP contribution >= 0.6 is 0 Å². The highest BCUT2D eigenvalue weighted by Gasteiger charge is 2.10. The zero-order valence-corrected chi connectivity index (χ0v) is 16.7. The zero-order chi connectivity index (χ0) is 18.9. The van der Waals surface area contributed by atoms with E-state index in [9.17, 15) is 4.79 Å². The predicted octanol–water partition coefficient (Wildman–Crippen LogP) is 6.91. The summed E-state index contributed by atoms with van der Waals surface area (Å²) in [5.41, 5.74) is 1.47. The van der Waals surface area contributed by atoms with Gasteiger partial charge in [-0.15, -0.1) is 0 Å². The fourth-order valence-corrected chi connectivity index (χ4v) is 3.14. The van der Waals surface area contributed by atoms with Crippen molar-refractivity contribution >= 4 is 5.97 Å². The second kappa shape index (κ2) is 15.4. The Morgan fingerprint density at radius 3 is 2.46 bits per heavy atom. The van der Waals surface area contributed by atoms with Gasteiger partial charge in [0.2, 0.25) is 0 Å². The minimum atomic E-state index is -0.121. The minimum Gasteiger partial charge on any atom is -0.469 e. The number of esters is 1. The highest BCUT2D eigenvalue weighted by Crippen LogP contribution is 2.25. The van der Waals surface area contributed by atoms with E-state index < -0.39 is 0 Å². The van der Waals surface area contributed by atoms with Crippen molar-refractivity contribution in [1.29, 1.82) is 0 Å². The summed E-state index contributed by atoms with van der Waals surface area (Å²) in [4.78, 5) is 10.5. The van der Waals surface area contributed by atoms with Crippen LogP contribution in [0.4, 0.5) is 0 Å². The van der Waals surface area contributed by atoms with Crippen LogP contribution in [0.1, 0.15) is 71.7 Å². The van der Waals surface area contributed by atoms with Crippen LogP contribution in [-0.2, 0) is 16.0 Å². The molecule has 0 spiro atoms. The van der Waals surface area contributed by atoms with Gasteiger partial charge in [0.05, 0.1) is 7.11 Å². The number of allylic oxidation sites excluding steroid dienone is 4. The van der Waals surface area contributed by atoms with Crippen molar-refractivity contribution in [2.24, 2.45) is 5.92 Å². The van der Waals surface area contributed by atoms with Gasteiger partial charge in [0.15, 0.2) is 0 Å². The maximum Gasteiger partial charge on any atom is 0.305 e. The molecular weight excluding hydrogens is 320 g/mol. The molecule has 2 rings (SSSR count). The molecule has 0 N–H and O–H groups in total. The Morgan fingerprint density at radius 2 is 1.81 bits per heavy atom. The van der Waals surface area contributed by atoms with Crippen LogP contribution in [0, 0.1) is 5.92 Å². The second-order valence-corrected chi connectivity index (χ2v) is 6.89. The van der Waals surface area contributed by atoms with E-state index in [-0.39, 0.29) is 7.40 Å². The number of benzene rings is 1. The first-order valence-corrected chi connectivity index (χ1v) is 10.1. The topological polar surface area (TPSA) is 26.3 Å². The minimum absolute atomic E-state index is 0. The fraction of sp³-hybridized carbons (Fsp3) is 0.542. The number of hydrogen-bond acceptors (Lipinski definition) is 2. The highest BCUT2D eigenvalue weighted by atomic mass is 16.5. The quantitative estimate of drug-likeness (QED) is 0.272. The van der Waals surface area contributed by atoms with E-state index in [0.29, 0.717) is 6.42 Å². The Morgan fingerprint density at radius 1 is 1.12 bits per heavy atom. The van der Waals surface area contributed by atoms with Crippen LogP contribution < -0.4 is 0 Å². The van der Waals surface area contributed by atoms with E-state index in [1.54, 1.807) is 0 Å². The Balaban J connectivity index is 0.000000539. The van der Waals surface area contributed by atoms with E-state index in [1.165, 1.54) is 57.6 Å². The Hall–Kier alpha value is -1.83. The Bertz CT molecular complexity index is 516. The lowest BCUT2D eigenvalue weighted by Gasteiger charge is -2.01. The average molecular weight is 359 g/mol. The molecule has 1 saturated carbocycles. The van der Waals surface area contributed by atoms with Crippen molar-refractivity contribution in [3.63, 3.8) is 0 Å². The van der Waals surface area contributed by atoms with Gasteiger partial charge in [0.1, 0.15) is 0 Å². The van der Waals surface area contributed by atoms with Crippen molar-refractivity contribution in [3.8, 4) is 0 Å². The zero-order valence-electron chi connectivity index (χ0n) is 16.7. The van der Waals surface area contributed by atoms with Gasteiger partial charge < -0.3 is 4.74 Å². The number of ether oxygens (including phenoxy) is 1. The van der Waals surface area contributed by atoms with Gasteiger partial charge in [-0.1, -0.05) is 67.5 Å². The van der Waals surface area contributed by atoms with Crippen LogP contribution in [0.25, 0.3) is 0 Å². The number of unbranched alkanes of at least 4 members (excludes halogenated alkanes) is 2. The van der Waals surface area contributed by atoms with Gasteiger partial charge in [-0.2, -0.15) is 0 Å². The first-order chi connectivity index (χ1) is 12.8. The molecule has 2 nitrogen and oxygen atoms in total. The molecular formula is C24H38O2. The molecule has 0 bridgehead atoms. The van der Waals surface area contributed by atoms with Crippen LogP contribution in [0.15, 0.2) is 54.6 Å². The van der Waals surface area contributed by atoms with E-state index in [4.69, 9.17) is 0 Å². The molecule has 0 saturated heterocycles. The summed E-state index contributed by atoms with van der Waals surface area (Å²) in [7, 11) is 1.41. The third-order valence-electron chi connectivity index (χ3n) is 4.70. The average Bonchev–Trinajstić information content (AvgIpc) is 3.20. The summed E-state index contributed by atoms with van der Waals surface area (Å²) in [5.74, 6) is 0.779. The molecule has 0 aliphatic heterocycles. The molecule has 146 valence electrons. The van der Waals surface area contributed by atoms with E-state index in [1.807, 2.05) is 19.1 Å².